The van der Waals surface area contributed by atoms with Crippen LogP contribution in [0.2, 0.25) is 0 Å². The molecule has 16 heavy (non-hydrogen) atoms. The summed E-state index contributed by atoms with van der Waals surface area (Å²) in [5.41, 5.74) is 5.64. The van der Waals surface area contributed by atoms with E-state index in [9.17, 15) is 0 Å². The fourth-order valence-corrected chi connectivity index (χ4v) is 2.53. The van der Waals surface area contributed by atoms with Crippen molar-refractivity contribution in [2.75, 3.05) is 39.8 Å². The number of rotatable bonds is 7. The summed E-state index contributed by atoms with van der Waals surface area (Å²) in [6.07, 6.45) is 3.99. The maximum Gasteiger partial charge on any atom is 0.0223 e. The fourth-order valence-electron chi connectivity index (χ4n) is 2.53. The van der Waals surface area contributed by atoms with Crippen LogP contribution in [-0.2, 0) is 0 Å². The molecule has 0 aliphatic carbocycles. The smallest absolute Gasteiger partial charge is 0.0223 e. The minimum Gasteiger partial charge on any atom is -0.330 e. The van der Waals surface area contributed by atoms with E-state index < -0.39 is 0 Å². The van der Waals surface area contributed by atoms with E-state index in [1.54, 1.807) is 0 Å². The molecule has 2 unspecified atom stereocenters. The second kappa shape index (κ2) is 7.25. The maximum absolute atomic E-state index is 5.64. The van der Waals surface area contributed by atoms with Crippen LogP contribution >= 0.6 is 0 Å². The first kappa shape index (κ1) is 13.9. The number of likely N-dealkylation sites (tertiary alicyclic amines) is 1. The molecule has 1 rings (SSSR count). The molecule has 1 fully saturated rings. The van der Waals surface area contributed by atoms with Crippen molar-refractivity contribution in [2.24, 2.45) is 11.7 Å². The van der Waals surface area contributed by atoms with E-state index >= 15 is 0 Å². The van der Waals surface area contributed by atoms with Crippen LogP contribution in [0.5, 0.6) is 0 Å². The molecule has 0 radical (unpaired) electrons. The van der Waals surface area contributed by atoms with E-state index in [1.165, 1.54) is 45.4 Å². The Morgan fingerprint density at radius 3 is 2.88 bits per heavy atom. The van der Waals surface area contributed by atoms with Gasteiger partial charge in [-0.05, 0) is 58.4 Å². The minimum absolute atomic E-state index is 0.660. The van der Waals surface area contributed by atoms with Gasteiger partial charge in [0.15, 0.2) is 0 Å². The standard InChI is InChI=1S/C13H29N3/c1-4-16-8-5-6-13(16)11-15(3)9-7-12(2)10-14/h12-13H,4-11,14H2,1-3H3. The molecule has 1 heterocycles. The summed E-state index contributed by atoms with van der Waals surface area (Å²) in [5.74, 6) is 0.660. The summed E-state index contributed by atoms with van der Waals surface area (Å²) in [4.78, 5) is 5.09. The molecule has 2 N–H and O–H groups in total. The molecule has 96 valence electrons. The molecular weight excluding hydrogens is 198 g/mol. The molecule has 0 aromatic carbocycles. The summed E-state index contributed by atoms with van der Waals surface area (Å²) < 4.78 is 0. The normalized spacial score (nSPS) is 24.2. The fraction of sp³-hybridized carbons (Fsp3) is 1.00. The Bertz CT molecular complexity index is 184. The summed E-state index contributed by atoms with van der Waals surface area (Å²) >= 11 is 0. The van der Waals surface area contributed by atoms with Crippen molar-refractivity contribution in [3.05, 3.63) is 0 Å². The predicted octanol–water partition coefficient (Wildman–Crippen LogP) is 1.39. The van der Waals surface area contributed by atoms with Crippen molar-refractivity contribution in [1.82, 2.24) is 9.80 Å². The van der Waals surface area contributed by atoms with E-state index in [0.29, 0.717) is 5.92 Å². The quantitative estimate of drug-likeness (QED) is 0.713. The average Bonchev–Trinajstić information content (AvgIpc) is 2.73. The molecule has 0 aromatic rings. The molecule has 0 amide bonds. The molecule has 2 atom stereocenters. The molecule has 0 aromatic heterocycles. The van der Waals surface area contributed by atoms with Gasteiger partial charge in [0.05, 0.1) is 0 Å². The van der Waals surface area contributed by atoms with Crippen LogP contribution in [-0.4, -0.2) is 55.6 Å². The Morgan fingerprint density at radius 2 is 2.25 bits per heavy atom. The van der Waals surface area contributed by atoms with E-state index in [1.807, 2.05) is 0 Å². The topological polar surface area (TPSA) is 32.5 Å². The zero-order chi connectivity index (χ0) is 12.0. The van der Waals surface area contributed by atoms with Gasteiger partial charge in [-0.2, -0.15) is 0 Å². The Labute approximate surface area is 101 Å². The number of hydrogen-bond donors (Lipinski definition) is 1. The molecule has 3 heteroatoms. The third kappa shape index (κ3) is 4.40. The second-order valence-electron chi connectivity index (χ2n) is 5.32. The molecule has 0 saturated carbocycles. The summed E-state index contributed by atoms with van der Waals surface area (Å²) in [6, 6.07) is 0.795. The van der Waals surface area contributed by atoms with Gasteiger partial charge in [-0.15, -0.1) is 0 Å². The zero-order valence-electron chi connectivity index (χ0n) is 11.3. The zero-order valence-corrected chi connectivity index (χ0v) is 11.3. The van der Waals surface area contributed by atoms with E-state index in [4.69, 9.17) is 5.73 Å². The van der Waals surface area contributed by atoms with Crippen LogP contribution in [0.4, 0.5) is 0 Å². The van der Waals surface area contributed by atoms with Gasteiger partial charge < -0.3 is 10.6 Å². The molecule has 1 saturated heterocycles. The average molecular weight is 227 g/mol. The minimum atomic E-state index is 0.660. The number of nitrogens with zero attached hydrogens (tertiary/aromatic N) is 2. The first-order chi connectivity index (χ1) is 7.67. The van der Waals surface area contributed by atoms with Crippen LogP contribution in [0, 0.1) is 5.92 Å². The summed E-state index contributed by atoms with van der Waals surface area (Å²) in [7, 11) is 2.25. The van der Waals surface area contributed by atoms with Gasteiger partial charge in [0.1, 0.15) is 0 Å². The maximum atomic E-state index is 5.64. The van der Waals surface area contributed by atoms with Gasteiger partial charge >= 0.3 is 0 Å². The molecule has 3 nitrogen and oxygen atoms in total. The highest BCUT2D eigenvalue weighted by Gasteiger charge is 2.23. The SMILES string of the molecule is CCN1CCCC1CN(C)CCC(C)CN. The highest BCUT2D eigenvalue weighted by molar-refractivity contribution is 4.80. The number of nitrogens with two attached hydrogens (primary N) is 1. The van der Waals surface area contributed by atoms with Gasteiger partial charge in [-0.1, -0.05) is 13.8 Å². The van der Waals surface area contributed by atoms with Gasteiger partial charge in [-0.25, -0.2) is 0 Å². The Balaban J connectivity index is 2.20. The lowest BCUT2D eigenvalue weighted by molar-refractivity contribution is 0.193. The molecule has 0 spiro atoms. The van der Waals surface area contributed by atoms with Crippen molar-refractivity contribution in [3.8, 4) is 0 Å². The van der Waals surface area contributed by atoms with Gasteiger partial charge in [-0.3, -0.25) is 4.90 Å². The summed E-state index contributed by atoms with van der Waals surface area (Å²) in [5, 5.41) is 0. The van der Waals surface area contributed by atoms with Crippen LogP contribution in [0.25, 0.3) is 0 Å². The van der Waals surface area contributed by atoms with Crippen molar-refractivity contribution in [3.63, 3.8) is 0 Å². The van der Waals surface area contributed by atoms with Crippen LogP contribution in [0.3, 0.4) is 0 Å². The molecule has 1 aliphatic heterocycles. The van der Waals surface area contributed by atoms with Gasteiger partial charge in [0, 0.05) is 12.6 Å². The molecule has 1 aliphatic rings. The van der Waals surface area contributed by atoms with Crippen LogP contribution < -0.4 is 5.73 Å². The van der Waals surface area contributed by atoms with Crippen molar-refractivity contribution in [2.45, 2.75) is 39.2 Å². The number of hydrogen-bond acceptors (Lipinski definition) is 3. The van der Waals surface area contributed by atoms with Crippen molar-refractivity contribution < 1.29 is 0 Å². The highest BCUT2D eigenvalue weighted by atomic mass is 15.2. The van der Waals surface area contributed by atoms with E-state index in [0.717, 1.165) is 12.6 Å². The number of likely N-dealkylation sites (N-methyl/N-ethyl adjacent to an activating group) is 2. The highest BCUT2D eigenvalue weighted by Crippen LogP contribution is 2.17. The van der Waals surface area contributed by atoms with Crippen molar-refractivity contribution >= 4 is 0 Å². The predicted molar refractivity (Wildman–Crippen MR) is 70.6 cm³/mol. The Kier molecular flexibility index (Phi) is 6.32. The van der Waals surface area contributed by atoms with Crippen molar-refractivity contribution in [1.29, 1.82) is 0 Å². The molecule has 0 bridgehead atoms. The molecular formula is C13H29N3. The lowest BCUT2D eigenvalue weighted by Crippen LogP contribution is -2.39. The van der Waals surface area contributed by atoms with Gasteiger partial charge in [0.2, 0.25) is 0 Å². The van der Waals surface area contributed by atoms with Crippen LogP contribution in [0.15, 0.2) is 0 Å². The lowest BCUT2D eigenvalue weighted by Gasteiger charge is -2.28. The Hall–Kier alpha value is -0.120. The third-order valence-electron chi connectivity index (χ3n) is 3.83. The van der Waals surface area contributed by atoms with E-state index in [2.05, 4.69) is 30.7 Å². The van der Waals surface area contributed by atoms with Crippen LogP contribution in [0.1, 0.15) is 33.1 Å². The first-order valence-electron chi connectivity index (χ1n) is 6.80. The third-order valence-corrected chi connectivity index (χ3v) is 3.83. The second-order valence-corrected chi connectivity index (χ2v) is 5.32. The van der Waals surface area contributed by atoms with E-state index in [-0.39, 0.29) is 0 Å². The summed E-state index contributed by atoms with van der Waals surface area (Å²) in [6.45, 7) is 10.2. The van der Waals surface area contributed by atoms with Gasteiger partial charge in [0.25, 0.3) is 0 Å². The largest absolute Gasteiger partial charge is 0.330 e. The lowest BCUT2D eigenvalue weighted by atomic mass is 10.1. The first-order valence-corrected chi connectivity index (χ1v) is 6.80. The Morgan fingerprint density at radius 1 is 1.50 bits per heavy atom. The monoisotopic (exact) mass is 227 g/mol.